The first-order valence-corrected chi connectivity index (χ1v) is 28.7. The Morgan fingerprint density at radius 2 is 0.671 bits per heavy atom. The third-order valence-electron chi connectivity index (χ3n) is 16.2. The lowest BCUT2D eigenvalue weighted by Gasteiger charge is -2.34. The van der Waals surface area contributed by atoms with Crippen LogP contribution in [0.15, 0.2) is 336 Å². The second-order valence-corrected chi connectivity index (χ2v) is 21.7. The van der Waals surface area contributed by atoms with Crippen LogP contribution in [0.5, 0.6) is 0 Å². The van der Waals surface area contributed by atoms with Crippen LogP contribution in [0, 0.1) is 0 Å². The van der Waals surface area contributed by atoms with E-state index in [1.807, 2.05) is 12.1 Å². The SMILES string of the molecule is Brc1ccc(-c2ccc(-c3ccccc3)cc2)cc1.c1ccc(-c2ccc(-c3ccc(N(c4ccccc4-c4cccc5c4oc4ccccc45)c4cccc5c4-c4ccccc4C5(c4ccccc4)c4ccccc4)cc3)cc2)cc1. The zero-order valence-electron chi connectivity index (χ0n) is 44.9. The van der Waals surface area contributed by atoms with Crippen LogP contribution >= 0.6 is 15.9 Å². The molecule has 1 aliphatic carbocycles. The van der Waals surface area contributed by atoms with E-state index in [1.54, 1.807) is 0 Å². The minimum atomic E-state index is -0.536. The van der Waals surface area contributed by atoms with Crippen molar-refractivity contribution < 1.29 is 4.42 Å². The van der Waals surface area contributed by atoms with Crippen molar-refractivity contribution in [2.45, 2.75) is 5.41 Å². The van der Waals surface area contributed by atoms with Crippen molar-refractivity contribution in [1.82, 2.24) is 0 Å². The predicted molar refractivity (Wildman–Crippen MR) is 347 cm³/mol. The van der Waals surface area contributed by atoms with Crippen LogP contribution in [0.2, 0.25) is 0 Å². The molecule has 0 unspecified atom stereocenters. The lowest BCUT2D eigenvalue weighted by atomic mass is 9.68. The molecule has 388 valence electrons. The molecule has 0 aliphatic heterocycles. The Balaban J connectivity index is 0.000000268. The molecule has 0 atom stereocenters. The zero-order chi connectivity index (χ0) is 54.8. The Morgan fingerprint density at radius 1 is 0.280 bits per heavy atom. The summed E-state index contributed by atoms with van der Waals surface area (Å²) in [5, 5.41) is 2.23. The highest BCUT2D eigenvalue weighted by molar-refractivity contribution is 9.10. The molecule has 0 saturated heterocycles. The van der Waals surface area contributed by atoms with E-state index in [-0.39, 0.29) is 0 Å². The summed E-state index contributed by atoms with van der Waals surface area (Å²) in [7, 11) is 0. The van der Waals surface area contributed by atoms with Gasteiger partial charge in [-0.3, -0.25) is 0 Å². The van der Waals surface area contributed by atoms with Gasteiger partial charge in [-0.15, -0.1) is 0 Å². The van der Waals surface area contributed by atoms with Gasteiger partial charge in [0.25, 0.3) is 0 Å². The van der Waals surface area contributed by atoms with Gasteiger partial charge in [0.15, 0.2) is 0 Å². The molecule has 13 aromatic carbocycles. The number of rotatable bonds is 10. The fraction of sp³-hybridized carbons (Fsp3) is 0.0127. The van der Waals surface area contributed by atoms with E-state index in [2.05, 4.69) is 336 Å². The van der Waals surface area contributed by atoms with E-state index in [0.29, 0.717) is 0 Å². The maximum atomic E-state index is 6.71. The summed E-state index contributed by atoms with van der Waals surface area (Å²) >= 11 is 3.46. The van der Waals surface area contributed by atoms with Crippen molar-refractivity contribution in [3.8, 4) is 66.8 Å². The molecule has 2 nitrogen and oxygen atoms in total. The van der Waals surface area contributed by atoms with Crippen LogP contribution in [0.3, 0.4) is 0 Å². The van der Waals surface area contributed by atoms with E-state index in [9.17, 15) is 0 Å². The Kier molecular flexibility index (Phi) is 13.4. The molecule has 1 aliphatic rings. The quantitative estimate of drug-likeness (QED) is 0.136. The number of hydrogen-bond donors (Lipinski definition) is 0. The molecule has 82 heavy (non-hydrogen) atoms. The third kappa shape index (κ3) is 9.12. The summed E-state index contributed by atoms with van der Waals surface area (Å²) in [6.45, 7) is 0. The average molecular weight is 1110 g/mol. The van der Waals surface area contributed by atoms with Crippen LogP contribution in [-0.4, -0.2) is 0 Å². The molecular formula is C79H54BrNO. The van der Waals surface area contributed by atoms with Crippen molar-refractivity contribution >= 4 is 54.9 Å². The fourth-order valence-electron chi connectivity index (χ4n) is 12.3. The highest BCUT2D eigenvalue weighted by Gasteiger charge is 2.47. The van der Waals surface area contributed by atoms with Crippen LogP contribution in [-0.2, 0) is 5.41 Å². The molecule has 14 aromatic rings. The van der Waals surface area contributed by atoms with E-state index in [1.165, 1.54) is 72.3 Å². The number of fused-ring (bicyclic) bond motifs is 6. The highest BCUT2D eigenvalue weighted by Crippen LogP contribution is 2.60. The second-order valence-electron chi connectivity index (χ2n) is 20.8. The number of halogens is 1. The zero-order valence-corrected chi connectivity index (χ0v) is 46.5. The number of nitrogens with zero attached hydrogens (tertiary/aromatic N) is 1. The average Bonchev–Trinajstić information content (AvgIpc) is 1.93. The lowest BCUT2D eigenvalue weighted by Crippen LogP contribution is -2.28. The van der Waals surface area contributed by atoms with E-state index in [4.69, 9.17) is 4.42 Å². The van der Waals surface area contributed by atoms with Gasteiger partial charge in [-0.05, 0) is 115 Å². The summed E-state index contributed by atoms with van der Waals surface area (Å²) in [5.74, 6) is 0. The van der Waals surface area contributed by atoms with Gasteiger partial charge in [-0.2, -0.15) is 0 Å². The Bertz CT molecular complexity index is 4480. The van der Waals surface area contributed by atoms with Crippen molar-refractivity contribution in [3.63, 3.8) is 0 Å². The smallest absolute Gasteiger partial charge is 0.143 e. The van der Waals surface area contributed by atoms with Crippen molar-refractivity contribution in [2.75, 3.05) is 4.90 Å². The molecule has 1 aromatic heterocycles. The number of para-hydroxylation sites is 3. The van der Waals surface area contributed by atoms with Crippen LogP contribution in [0.25, 0.3) is 88.7 Å². The first-order valence-electron chi connectivity index (χ1n) is 27.9. The minimum absolute atomic E-state index is 0.536. The van der Waals surface area contributed by atoms with Crippen molar-refractivity contribution in [1.29, 1.82) is 0 Å². The van der Waals surface area contributed by atoms with Gasteiger partial charge in [0.05, 0.1) is 16.8 Å². The molecule has 1 heterocycles. The predicted octanol–water partition coefficient (Wildman–Crippen LogP) is 22.2. The molecule has 0 saturated carbocycles. The minimum Gasteiger partial charge on any atom is -0.455 e. The highest BCUT2D eigenvalue weighted by atomic mass is 79.9. The van der Waals surface area contributed by atoms with Crippen LogP contribution < -0.4 is 4.90 Å². The van der Waals surface area contributed by atoms with E-state index < -0.39 is 5.41 Å². The number of furan rings is 1. The van der Waals surface area contributed by atoms with Gasteiger partial charge in [0, 0.05) is 37.6 Å². The Hall–Kier alpha value is -10.1. The first-order chi connectivity index (χ1) is 40.6. The van der Waals surface area contributed by atoms with Gasteiger partial charge in [-0.1, -0.05) is 301 Å². The summed E-state index contributed by atoms with van der Waals surface area (Å²) in [5.41, 5.74) is 23.8. The number of anilines is 3. The maximum absolute atomic E-state index is 6.71. The molecule has 0 N–H and O–H groups in total. The normalized spacial score (nSPS) is 12.1. The van der Waals surface area contributed by atoms with Gasteiger partial charge in [-0.25, -0.2) is 0 Å². The van der Waals surface area contributed by atoms with E-state index >= 15 is 0 Å². The topological polar surface area (TPSA) is 16.4 Å². The van der Waals surface area contributed by atoms with Crippen LogP contribution in [0.1, 0.15) is 22.3 Å². The molecule has 0 bridgehead atoms. The lowest BCUT2D eigenvalue weighted by molar-refractivity contribution is 0.670. The molecule has 0 fully saturated rings. The molecule has 15 rings (SSSR count). The molecular weight excluding hydrogens is 1060 g/mol. The molecule has 3 heteroatoms. The number of hydrogen-bond acceptors (Lipinski definition) is 2. The van der Waals surface area contributed by atoms with Gasteiger partial charge >= 0.3 is 0 Å². The number of benzene rings is 13. The molecule has 0 amide bonds. The largest absolute Gasteiger partial charge is 0.455 e. The molecule has 0 spiro atoms. The Labute approximate surface area is 487 Å². The molecule has 0 radical (unpaired) electrons. The van der Waals surface area contributed by atoms with Crippen molar-refractivity contribution in [3.05, 3.63) is 354 Å². The maximum Gasteiger partial charge on any atom is 0.143 e. The van der Waals surface area contributed by atoms with E-state index in [0.717, 1.165) is 60.2 Å². The Morgan fingerprint density at radius 3 is 1.24 bits per heavy atom. The fourth-order valence-corrected chi connectivity index (χ4v) is 12.6. The van der Waals surface area contributed by atoms with Crippen molar-refractivity contribution in [2.24, 2.45) is 0 Å². The van der Waals surface area contributed by atoms with Gasteiger partial charge < -0.3 is 9.32 Å². The monoisotopic (exact) mass is 1110 g/mol. The summed E-state index contributed by atoms with van der Waals surface area (Å²) in [6, 6.07) is 118. The summed E-state index contributed by atoms with van der Waals surface area (Å²) in [6.07, 6.45) is 0. The standard InChI is InChI=1S/C61H41NO.C18H13Br/c1-4-18-42(19-5-1)43-34-36-44(37-35-43)45-38-40-48(41-39-45)62(56-31-14-11-24-49(56)51-27-16-28-52-50-25-12-15-33-58(50)63-60(51)52)57-32-17-30-55-59(57)53-26-10-13-29-54(53)61(55,46-20-6-2-7-21-46)47-22-8-3-9-23-47;19-18-12-10-17(11-13-18)16-8-6-15(7-9-16)14-4-2-1-3-5-14/h1-41H;1-13H. The summed E-state index contributed by atoms with van der Waals surface area (Å²) < 4.78 is 7.82. The second kappa shape index (κ2) is 21.9. The van der Waals surface area contributed by atoms with Gasteiger partial charge in [0.1, 0.15) is 11.2 Å². The van der Waals surface area contributed by atoms with Crippen LogP contribution in [0.4, 0.5) is 17.1 Å². The first kappa shape index (κ1) is 50.2. The third-order valence-corrected chi connectivity index (χ3v) is 16.7. The van der Waals surface area contributed by atoms with Gasteiger partial charge in [0.2, 0.25) is 0 Å². The summed E-state index contributed by atoms with van der Waals surface area (Å²) in [4.78, 5) is 2.47.